The van der Waals surface area contributed by atoms with Gasteiger partial charge >= 0.3 is 7.82 Å². The van der Waals surface area contributed by atoms with E-state index in [2.05, 4.69) is 9.51 Å². The van der Waals surface area contributed by atoms with Gasteiger partial charge in [0.05, 0.1) is 5.69 Å². The molecule has 0 saturated heterocycles. The summed E-state index contributed by atoms with van der Waals surface area (Å²) in [6.07, 6.45) is 0. The predicted octanol–water partition coefficient (Wildman–Crippen LogP) is 3.96. The average Bonchev–Trinajstić information content (AvgIpc) is 3.10. The Morgan fingerprint density at radius 2 is 1.73 bits per heavy atom. The van der Waals surface area contributed by atoms with E-state index in [-0.39, 0.29) is 17.3 Å². The Bertz CT molecular complexity index is 1330. The molecule has 3 aromatic carbocycles. The monoisotopic (exact) mass is 423 g/mol. The zero-order valence-corrected chi connectivity index (χ0v) is 16.4. The first-order valence-corrected chi connectivity index (χ1v) is 10.4. The number of rotatable bonds is 5. The molecule has 7 N–H and O–H groups in total. The van der Waals surface area contributed by atoms with Gasteiger partial charge in [-0.25, -0.2) is 4.57 Å². The van der Waals surface area contributed by atoms with Gasteiger partial charge in [0.15, 0.2) is 0 Å². The molecule has 1 aromatic heterocycles. The van der Waals surface area contributed by atoms with Crippen molar-refractivity contribution in [2.45, 2.75) is 0 Å². The molecule has 0 unspecified atom stereocenters. The summed E-state index contributed by atoms with van der Waals surface area (Å²) in [5.41, 5.74) is 9.23. The lowest BCUT2D eigenvalue weighted by atomic mass is 9.99. The highest BCUT2D eigenvalue weighted by Crippen LogP contribution is 2.42. The minimum atomic E-state index is -4.69. The van der Waals surface area contributed by atoms with Gasteiger partial charge in [-0.2, -0.15) is 0 Å². The molecular weight excluding hydrogens is 405 g/mol. The molecule has 152 valence electrons. The Kier molecular flexibility index (Phi) is 4.83. The second-order valence-electron chi connectivity index (χ2n) is 6.71. The molecule has 0 atom stereocenters. The van der Waals surface area contributed by atoms with Crippen molar-refractivity contribution >= 4 is 24.6 Å². The lowest BCUT2D eigenvalue weighted by Gasteiger charge is -2.11. The Morgan fingerprint density at radius 3 is 2.47 bits per heavy atom. The summed E-state index contributed by atoms with van der Waals surface area (Å²) in [5.74, 6) is -0.0286. The van der Waals surface area contributed by atoms with Crippen LogP contribution in [0.3, 0.4) is 0 Å². The van der Waals surface area contributed by atoms with E-state index in [0.717, 1.165) is 10.9 Å². The lowest BCUT2D eigenvalue weighted by Crippen LogP contribution is -2.10. The average molecular weight is 423 g/mol. The third kappa shape index (κ3) is 3.92. The molecule has 0 radical (unpaired) electrons. The number of phosphoric acid groups is 1. The zero-order chi connectivity index (χ0) is 21.5. The maximum absolute atomic E-state index is 11.1. The van der Waals surface area contributed by atoms with Crippen molar-refractivity contribution in [1.82, 2.24) is 4.98 Å². The van der Waals surface area contributed by atoms with Crippen LogP contribution in [0, 0.1) is 5.41 Å². The minimum Gasteiger partial charge on any atom is -0.507 e. The molecule has 9 heteroatoms. The predicted molar refractivity (Wildman–Crippen MR) is 115 cm³/mol. The van der Waals surface area contributed by atoms with E-state index in [1.54, 1.807) is 42.5 Å². The molecule has 8 nitrogen and oxygen atoms in total. The fraction of sp³-hybridized carbons (Fsp3) is 0. The summed E-state index contributed by atoms with van der Waals surface area (Å²) in [5, 5.41) is 19.3. The summed E-state index contributed by atoms with van der Waals surface area (Å²) in [7, 11) is -4.69. The number of fused-ring (bicyclic) bond motifs is 1. The lowest BCUT2D eigenvalue weighted by molar-refractivity contribution is 0.283. The van der Waals surface area contributed by atoms with Crippen molar-refractivity contribution < 1.29 is 24.0 Å². The molecule has 0 fully saturated rings. The van der Waals surface area contributed by atoms with Gasteiger partial charge in [-0.15, -0.1) is 0 Å². The molecule has 1 heterocycles. The van der Waals surface area contributed by atoms with Gasteiger partial charge in [0.2, 0.25) is 0 Å². The van der Waals surface area contributed by atoms with Gasteiger partial charge < -0.3 is 20.3 Å². The van der Waals surface area contributed by atoms with Crippen LogP contribution in [0.2, 0.25) is 0 Å². The highest BCUT2D eigenvalue weighted by atomic mass is 31.2. The third-order valence-electron chi connectivity index (χ3n) is 4.63. The van der Waals surface area contributed by atoms with E-state index < -0.39 is 7.82 Å². The molecule has 0 amide bonds. The third-order valence-corrected chi connectivity index (χ3v) is 5.08. The van der Waals surface area contributed by atoms with Gasteiger partial charge in [0.1, 0.15) is 17.3 Å². The first-order valence-electron chi connectivity index (χ1n) is 8.86. The van der Waals surface area contributed by atoms with Crippen LogP contribution in [0.1, 0.15) is 5.56 Å². The Labute approximate surface area is 171 Å². The van der Waals surface area contributed by atoms with Crippen LogP contribution in [0.25, 0.3) is 33.3 Å². The highest BCUT2D eigenvalue weighted by molar-refractivity contribution is 7.46. The number of amidine groups is 1. The number of nitrogens with one attached hydrogen (secondary N) is 2. The van der Waals surface area contributed by atoms with Crippen LogP contribution in [-0.4, -0.2) is 25.7 Å². The van der Waals surface area contributed by atoms with Crippen LogP contribution in [0.4, 0.5) is 0 Å². The van der Waals surface area contributed by atoms with Crippen molar-refractivity contribution in [2.75, 3.05) is 0 Å². The quantitative estimate of drug-likeness (QED) is 0.162. The number of aromatic amines is 1. The summed E-state index contributed by atoms with van der Waals surface area (Å²) >= 11 is 0. The van der Waals surface area contributed by atoms with Crippen molar-refractivity contribution in [1.29, 1.82) is 5.41 Å². The number of aromatic hydroxyl groups is 1. The van der Waals surface area contributed by atoms with Crippen LogP contribution < -0.4 is 10.3 Å². The topological polar surface area (TPSA) is 153 Å². The van der Waals surface area contributed by atoms with E-state index in [1.807, 2.05) is 12.1 Å². The number of benzene rings is 3. The highest BCUT2D eigenvalue weighted by Gasteiger charge is 2.17. The second-order valence-corrected chi connectivity index (χ2v) is 7.87. The smallest absolute Gasteiger partial charge is 0.507 e. The number of phosphoric ester groups is 1. The van der Waals surface area contributed by atoms with E-state index >= 15 is 0 Å². The number of nitrogen functional groups attached to an aromatic ring is 1. The Balaban J connectivity index is 1.77. The van der Waals surface area contributed by atoms with E-state index in [0.29, 0.717) is 27.9 Å². The number of aromatic nitrogens is 1. The van der Waals surface area contributed by atoms with Crippen LogP contribution >= 0.6 is 7.82 Å². The molecule has 0 spiro atoms. The number of hydrogen-bond acceptors (Lipinski definition) is 4. The van der Waals surface area contributed by atoms with Crippen LogP contribution in [0.5, 0.6) is 11.5 Å². The van der Waals surface area contributed by atoms with E-state index in [1.165, 1.54) is 12.1 Å². The first-order chi connectivity index (χ1) is 14.2. The molecule has 0 saturated carbocycles. The normalized spacial score (nSPS) is 11.5. The molecule has 4 aromatic rings. The summed E-state index contributed by atoms with van der Waals surface area (Å²) < 4.78 is 15.7. The molecule has 4 rings (SSSR count). The maximum atomic E-state index is 11.1. The fourth-order valence-corrected chi connectivity index (χ4v) is 3.68. The second kappa shape index (κ2) is 7.35. The number of hydrogen-bond donors (Lipinski definition) is 6. The zero-order valence-electron chi connectivity index (χ0n) is 15.5. The van der Waals surface area contributed by atoms with E-state index in [9.17, 15) is 9.67 Å². The molecule has 0 aliphatic rings. The Hall–Kier alpha value is -3.58. The fourth-order valence-electron chi connectivity index (χ4n) is 3.30. The summed E-state index contributed by atoms with van der Waals surface area (Å²) in [6, 6.07) is 18.6. The van der Waals surface area contributed by atoms with Crippen LogP contribution in [0.15, 0.2) is 66.7 Å². The molecule has 0 aliphatic heterocycles. The van der Waals surface area contributed by atoms with Crippen molar-refractivity contribution in [2.24, 2.45) is 5.73 Å². The van der Waals surface area contributed by atoms with Gasteiger partial charge in [-0.05, 0) is 48.0 Å². The van der Waals surface area contributed by atoms with Crippen molar-refractivity contribution in [3.8, 4) is 33.9 Å². The summed E-state index contributed by atoms with van der Waals surface area (Å²) in [4.78, 5) is 21.3. The Morgan fingerprint density at radius 1 is 1.00 bits per heavy atom. The van der Waals surface area contributed by atoms with Gasteiger partial charge in [0, 0.05) is 27.6 Å². The maximum Gasteiger partial charge on any atom is 0.524 e. The minimum absolute atomic E-state index is 0.00387. The van der Waals surface area contributed by atoms with Crippen molar-refractivity contribution in [3.63, 3.8) is 0 Å². The SMILES string of the molecule is N=C(N)c1ccc2[nH]c(-c3cccc(-c4cccc(OP(=O)(O)O)c4)c3O)cc2c1. The van der Waals surface area contributed by atoms with Gasteiger partial charge in [0.25, 0.3) is 0 Å². The number of para-hydroxylation sites is 1. The van der Waals surface area contributed by atoms with Crippen LogP contribution in [-0.2, 0) is 4.57 Å². The molecular formula is C21H18N3O5P. The van der Waals surface area contributed by atoms with Gasteiger partial charge in [-0.3, -0.25) is 15.2 Å². The first kappa shape index (κ1) is 19.7. The number of phenols is 1. The van der Waals surface area contributed by atoms with Crippen molar-refractivity contribution in [3.05, 3.63) is 72.3 Å². The molecule has 0 bridgehead atoms. The number of H-pyrrole nitrogens is 1. The van der Waals surface area contributed by atoms with E-state index in [4.69, 9.17) is 20.9 Å². The van der Waals surface area contributed by atoms with Gasteiger partial charge in [-0.1, -0.05) is 24.3 Å². The summed E-state index contributed by atoms with van der Waals surface area (Å²) in [6.45, 7) is 0. The molecule has 30 heavy (non-hydrogen) atoms. The molecule has 0 aliphatic carbocycles. The number of phenolic OH excluding ortho intramolecular Hbond substituents is 1. The number of nitrogens with two attached hydrogens (primary N) is 1. The standard InChI is InChI=1S/C21H18N3O5P/c22-21(23)13-7-8-18-14(9-13)11-19(24-18)17-6-2-5-16(20(17)25)12-3-1-4-15(10-12)29-30(26,27)28/h1-11,24-25H,(H3,22,23)(H2,26,27,28). The largest absolute Gasteiger partial charge is 0.524 e.